The number of likely N-dealkylation sites (tertiary alicyclic amines) is 1. The predicted octanol–water partition coefficient (Wildman–Crippen LogP) is 4.60. The fourth-order valence-corrected chi connectivity index (χ4v) is 4.45. The lowest BCUT2D eigenvalue weighted by molar-refractivity contribution is -0.131. The topological polar surface area (TPSA) is 46.1 Å². The maximum absolute atomic E-state index is 13.3. The Morgan fingerprint density at radius 2 is 2.11 bits per heavy atom. The Labute approximate surface area is 168 Å². The molecule has 1 fully saturated rings. The van der Waals surface area contributed by atoms with Crippen molar-refractivity contribution in [3.05, 3.63) is 70.2 Å². The van der Waals surface area contributed by atoms with Gasteiger partial charge in [0, 0.05) is 35.6 Å². The number of amides is 1. The van der Waals surface area contributed by atoms with Crippen LogP contribution in [0.25, 0.3) is 11.1 Å². The van der Waals surface area contributed by atoms with E-state index >= 15 is 0 Å². The Morgan fingerprint density at radius 1 is 1.29 bits per heavy atom. The van der Waals surface area contributed by atoms with Crippen molar-refractivity contribution >= 4 is 17.2 Å². The van der Waals surface area contributed by atoms with Crippen LogP contribution in [0.4, 0.5) is 4.39 Å². The molecule has 0 unspecified atom stereocenters. The second-order valence-corrected chi connectivity index (χ2v) is 8.19. The first-order valence-electron chi connectivity index (χ1n) is 9.50. The van der Waals surface area contributed by atoms with E-state index in [1.807, 2.05) is 35.5 Å². The number of aromatic nitrogens is 2. The molecule has 4 rings (SSSR count). The van der Waals surface area contributed by atoms with Crippen molar-refractivity contribution < 1.29 is 9.18 Å². The Morgan fingerprint density at radius 3 is 2.86 bits per heavy atom. The van der Waals surface area contributed by atoms with Crippen LogP contribution in [-0.4, -0.2) is 33.9 Å². The Kier molecular flexibility index (Phi) is 5.48. The molecule has 0 saturated carbocycles. The first-order valence-corrected chi connectivity index (χ1v) is 10.4. The van der Waals surface area contributed by atoms with Gasteiger partial charge in [0.2, 0.25) is 5.91 Å². The molecule has 0 N–H and O–H groups in total. The lowest BCUT2D eigenvalue weighted by atomic mass is 9.89. The maximum Gasteiger partial charge on any atom is 0.227 e. The quantitative estimate of drug-likeness (QED) is 0.648. The SMILES string of the molecule is Cc1ncc(-c2ccc(F)cc2)c([C@@H]2CCCN(C(=O)Cc3cccs3)C2)n1. The zero-order valence-electron chi connectivity index (χ0n) is 15.8. The number of carbonyl (C=O) groups excluding carboxylic acids is 1. The van der Waals surface area contributed by atoms with Gasteiger partial charge in [0.1, 0.15) is 11.6 Å². The second-order valence-electron chi connectivity index (χ2n) is 7.16. The van der Waals surface area contributed by atoms with E-state index < -0.39 is 0 Å². The molecule has 144 valence electrons. The van der Waals surface area contributed by atoms with Gasteiger partial charge in [-0.2, -0.15) is 0 Å². The molecule has 6 heteroatoms. The third-order valence-electron chi connectivity index (χ3n) is 5.16. The number of thiophene rings is 1. The van der Waals surface area contributed by atoms with Gasteiger partial charge >= 0.3 is 0 Å². The summed E-state index contributed by atoms with van der Waals surface area (Å²) in [5.74, 6) is 0.772. The van der Waals surface area contributed by atoms with E-state index in [1.165, 1.54) is 12.1 Å². The second kappa shape index (κ2) is 8.19. The number of rotatable bonds is 4. The highest BCUT2D eigenvalue weighted by atomic mass is 32.1. The van der Waals surface area contributed by atoms with Gasteiger partial charge in [0.25, 0.3) is 0 Å². The molecular formula is C22H22FN3OS. The fourth-order valence-electron chi connectivity index (χ4n) is 3.75. The summed E-state index contributed by atoms with van der Waals surface area (Å²) in [5, 5.41) is 2.00. The van der Waals surface area contributed by atoms with Crippen LogP contribution in [0.15, 0.2) is 48.0 Å². The van der Waals surface area contributed by atoms with Gasteiger partial charge in [-0.15, -0.1) is 11.3 Å². The normalized spacial score (nSPS) is 16.9. The summed E-state index contributed by atoms with van der Waals surface area (Å²) in [7, 11) is 0. The van der Waals surface area contributed by atoms with Crippen LogP contribution in [0, 0.1) is 12.7 Å². The van der Waals surface area contributed by atoms with Gasteiger partial charge in [-0.1, -0.05) is 18.2 Å². The minimum atomic E-state index is -0.263. The van der Waals surface area contributed by atoms with E-state index in [1.54, 1.807) is 23.5 Å². The first-order chi connectivity index (χ1) is 13.6. The summed E-state index contributed by atoms with van der Waals surface area (Å²) >= 11 is 1.62. The molecule has 1 aliphatic rings. The van der Waals surface area contributed by atoms with E-state index in [4.69, 9.17) is 4.98 Å². The van der Waals surface area contributed by atoms with Crippen LogP contribution in [0.3, 0.4) is 0 Å². The molecule has 0 bridgehead atoms. The monoisotopic (exact) mass is 395 g/mol. The van der Waals surface area contributed by atoms with Gasteiger partial charge in [-0.05, 0) is 48.9 Å². The van der Waals surface area contributed by atoms with Gasteiger partial charge in [-0.3, -0.25) is 4.79 Å². The molecule has 1 amide bonds. The third-order valence-corrected chi connectivity index (χ3v) is 6.04. The van der Waals surface area contributed by atoms with Gasteiger partial charge < -0.3 is 4.90 Å². The van der Waals surface area contributed by atoms with Crippen LogP contribution in [0.2, 0.25) is 0 Å². The Balaban J connectivity index is 1.58. The minimum Gasteiger partial charge on any atom is -0.342 e. The smallest absolute Gasteiger partial charge is 0.227 e. The number of hydrogen-bond donors (Lipinski definition) is 0. The number of aryl methyl sites for hydroxylation is 1. The Hall–Kier alpha value is -2.60. The fraction of sp³-hybridized carbons (Fsp3) is 0.318. The number of piperidine rings is 1. The molecule has 28 heavy (non-hydrogen) atoms. The van der Waals surface area contributed by atoms with E-state index in [0.29, 0.717) is 18.8 Å². The molecule has 4 nitrogen and oxygen atoms in total. The van der Waals surface area contributed by atoms with Crippen molar-refractivity contribution in [3.63, 3.8) is 0 Å². The number of carbonyl (C=O) groups is 1. The predicted molar refractivity (Wildman–Crippen MR) is 109 cm³/mol. The van der Waals surface area contributed by atoms with Gasteiger partial charge in [-0.25, -0.2) is 14.4 Å². The molecular weight excluding hydrogens is 373 g/mol. The molecule has 1 aliphatic heterocycles. The van der Waals surface area contributed by atoms with Crippen LogP contribution in [0.1, 0.15) is 35.2 Å². The number of hydrogen-bond acceptors (Lipinski definition) is 4. The Bertz CT molecular complexity index is 956. The van der Waals surface area contributed by atoms with Crippen molar-refractivity contribution in [3.8, 4) is 11.1 Å². The van der Waals surface area contributed by atoms with Crippen molar-refractivity contribution in [1.29, 1.82) is 0 Å². The summed E-state index contributed by atoms with van der Waals surface area (Å²) in [6.07, 6.45) is 4.20. The highest BCUT2D eigenvalue weighted by molar-refractivity contribution is 7.10. The van der Waals surface area contributed by atoms with E-state index in [0.717, 1.165) is 41.1 Å². The largest absolute Gasteiger partial charge is 0.342 e. The van der Waals surface area contributed by atoms with Crippen molar-refractivity contribution in [2.24, 2.45) is 0 Å². The molecule has 3 aromatic rings. The first kappa shape index (κ1) is 18.7. The summed E-state index contributed by atoms with van der Waals surface area (Å²) < 4.78 is 13.3. The lowest BCUT2D eigenvalue weighted by Crippen LogP contribution is -2.40. The highest BCUT2D eigenvalue weighted by Crippen LogP contribution is 2.33. The van der Waals surface area contributed by atoms with Crippen molar-refractivity contribution in [2.45, 2.75) is 32.1 Å². The summed E-state index contributed by atoms with van der Waals surface area (Å²) in [5.41, 5.74) is 2.77. The average Bonchev–Trinajstić information content (AvgIpc) is 3.22. The molecule has 1 atom stereocenters. The maximum atomic E-state index is 13.3. The van der Waals surface area contributed by atoms with Gasteiger partial charge in [0.15, 0.2) is 0 Å². The molecule has 3 heterocycles. The molecule has 0 aliphatic carbocycles. The van der Waals surface area contributed by atoms with Gasteiger partial charge in [0.05, 0.1) is 12.1 Å². The summed E-state index contributed by atoms with van der Waals surface area (Å²) in [4.78, 5) is 24.9. The molecule has 0 radical (unpaired) electrons. The third kappa shape index (κ3) is 4.12. The molecule has 2 aromatic heterocycles. The van der Waals surface area contributed by atoms with Crippen molar-refractivity contribution in [2.75, 3.05) is 13.1 Å². The van der Waals surface area contributed by atoms with Crippen LogP contribution < -0.4 is 0 Å². The minimum absolute atomic E-state index is 0.155. The highest BCUT2D eigenvalue weighted by Gasteiger charge is 2.28. The average molecular weight is 396 g/mol. The number of nitrogens with zero attached hydrogens (tertiary/aromatic N) is 3. The zero-order chi connectivity index (χ0) is 19.5. The number of benzene rings is 1. The lowest BCUT2D eigenvalue weighted by Gasteiger charge is -2.33. The van der Waals surface area contributed by atoms with E-state index in [-0.39, 0.29) is 17.6 Å². The summed E-state index contributed by atoms with van der Waals surface area (Å²) in [6.45, 7) is 3.33. The van der Waals surface area contributed by atoms with Crippen LogP contribution in [0.5, 0.6) is 0 Å². The van der Waals surface area contributed by atoms with Crippen LogP contribution >= 0.6 is 11.3 Å². The zero-order valence-corrected chi connectivity index (χ0v) is 16.6. The van der Waals surface area contributed by atoms with Crippen LogP contribution in [-0.2, 0) is 11.2 Å². The molecule has 0 spiro atoms. The van der Waals surface area contributed by atoms with E-state index in [9.17, 15) is 9.18 Å². The number of halogens is 1. The van der Waals surface area contributed by atoms with Crippen molar-refractivity contribution in [1.82, 2.24) is 14.9 Å². The molecule has 1 saturated heterocycles. The summed E-state index contributed by atoms with van der Waals surface area (Å²) in [6, 6.07) is 10.4. The van der Waals surface area contributed by atoms with E-state index in [2.05, 4.69) is 4.98 Å². The molecule has 1 aromatic carbocycles. The standard InChI is InChI=1S/C22H22FN3OS/c1-15-24-13-20(16-6-8-18(23)9-7-16)22(25-15)17-4-2-10-26(14-17)21(27)12-19-5-3-11-28-19/h3,5-9,11,13,17H,2,4,10,12,14H2,1H3/t17-/m1/s1.